The molecule has 2 heterocycles. The van der Waals surface area contributed by atoms with Crippen LogP contribution in [-0.4, -0.2) is 20.6 Å². The van der Waals surface area contributed by atoms with E-state index in [4.69, 9.17) is 8.94 Å². The zero-order chi connectivity index (χ0) is 15.0. The topological polar surface area (TPSA) is 103 Å². The Morgan fingerprint density at radius 1 is 1.43 bits per heavy atom. The first kappa shape index (κ1) is 13.1. The number of fused-ring (bicyclic) bond motifs is 1. The fourth-order valence-electron chi connectivity index (χ4n) is 1.97. The predicted molar refractivity (Wildman–Crippen MR) is 72.8 cm³/mol. The molecule has 0 atom stereocenters. The smallest absolute Gasteiger partial charge is 0.408 e. The largest absolute Gasteiger partial charge is 0.419 e. The number of anilines is 1. The Kier molecular flexibility index (Phi) is 3.05. The summed E-state index contributed by atoms with van der Waals surface area (Å²) in [7, 11) is 1.60. The monoisotopic (exact) mass is 288 g/mol. The lowest BCUT2D eigenvalue weighted by Crippen LogP contribution is -2.15. The lowest BCUT2D eigenvalue weighted by molar-refractivity contribution is -0.115. The molecule has 0 saturated heterocycles. The molecule has 0 bridgehead atoms. The second-order valence-electron chi connectivity index (χ2n) is 4.56. The SMILES string of the molecule is Cc1nc(CC(=O)Nc2ccc3oc(=O)n(C)c3c2)no1. The predicted octanol–water partition coefficient (Wildman–Crippen LogP) is 1.00. The molecule has 0 spiro atoms. The van der Waals surface area contributed by atoms with Crippen LogP contribution >= 0.6 is 0 Å². The Morgan fingerprint density at radius 2 is 2.24 bits per heavy atom. The maximum Gasteiger partial charge on any atom is 0.419 e. The summed E-state index contributed by atoms with van der Waals surface area (Å²) >= 11 is 0. The number of nitrogens with zero attached hydrogens (tertiary/aromatic N) is 3. The van der Waals surface area contributed by atoms with Crippen LogP contribution in [0.5, 0.6) is 0 Å². The van der Waals surface area contributed by atoms with Crippen LogP contribution in [0.4, 0.5) is 5.69 Å². The van der Waals surface area contributed by atoms with Gasteiger partial charge >= 0.3 is 5.76 Å². The van der Waals surface area contributed by atoms with Gasteiger partial charge in [-0.15, -0.1) is 0 Å². The number of nitrogens with one attached hydrogen (secondary N) is 1. The fraction of sp³-hybridized carbons (Fsp3) is 0.231. The molecule has 1 N–H and O–H groups in total. The highest BCUT2D eigenvalue weighted by Crippen LogP contribution is 2.17. The van der Waals surface area contributed by atoms with E-state index in [0.29, 0.717) is 28.5 Å². The van der Waals surface area contributed by atoms with E-state index in [1.807, 2.05) is 0 Å². The van der Waals surface area contributed by atoms with E-state index in [2.05, 4.69) is 15.5 Å². The van der Waals surface area contributed by atoms with Crippen molar-refractivity contribution in [3.8, 4) is 0 Å². The van der Waals surface area contributed by atoms with Gasteiger partial charge in [0.1, 0.15) is 0 Å². The first-order valence-corrected chi connectivity index (χ1v) is 6.21. The average molecular weight is 288 g/mol. The van der Waals surface area contributed by atoms with Crippen LogP contribution in [0.2, 0.25) is 0 Å². The van der Waals surface area contributed by atoms with E-state index in [1.165, 1.54) is 4.57 Å². The Labute approximate surface area is 118 Å². The number of oxazole rings is 1. The number of carbonyl (C=O) groups excluding carboxylic acids is 1. The molecule has 1 amide bonds. The van der Waals surface area contributed by atoms with Crippen molar-refractivity contribution in [3.05, 3.63) is 40.5 Å². The molecular weight excluding hydrogens is 276 g/mol. The van der Waals surface area contributed by atoms with Crippen LogP contribution in [0.15, 0.2) is 31.9 Å². The highest BCUT2D eigenvalue weighted by molar-refractivity contribution is 5.93. The molecule has 108 valence electrons. The molecule has 0 fully saturated rings. The van der Waals surface area contributed by atoms with Gasteiger partial charge in [-0.05, 0) is 18.2 Å². The number of carbonyl (C=O) groups is 1. The third-order valence-corrected chi connectivity index (χ3v) is 2.96. The quantitative estimate of drug-likeness (QED) is 0.771. The van der Waals surface area contributed by atoms with E-state index >= 15 is 0 Å². The van der Waals surface area contributed by atoms with Gasteiger partial charge in [0.25, 0.3) is 0 Å². The second-order valence-corrected chi connectivity index (χ2v) is 4.56. The molecule has 2 aromatic heterocycles. The van der Waals surface area contributed by atoms with Crippen molar-refractivity contribution >= 4 is 22.7 Å². The van der Waals surface area contributed by atoms with Crippen molar-refractivity contribution in [2.45, 2.75) is 13.3 Å². The minimum Gasteiger partial charge on any atom is -0.408 e. The molecule has 0 aliphatic heterocycles. The zero-order valence-corrected chi connectivity index (χ0v) is 11.4. The van der Waals surface area contributed by atoms with Gasteiger partial charge in [0.15, 0.2) is 11.4 Å². The second kappa shape index (κ2) is 4.89. The maximum absolute atomic E-state index is 11.9. The Morgan fingerprint density at radius 3 is 2.95 bits per heavy atom. The molecule has 0 aliphatic rings. The number of hydrogen-bond donors (Lipinski definition) is 1. The number of hydrogen-bond acceptors (Lipinski definition) is 6. The normalized spacial score (nSPS) is 11.0. The Balaban J connectivity index is 1.79. The highest BCUT2D eigenvalue weighted by atomic mass is 16.5. The first-order chi connectivity index (χ1) is 10.0. The average Bonchev–Trinajstić information content (AvgIpc) is 2.95. The van der Waals surface area contributed by atoms with E-state index in [1.54, 1.807) is 32.2 Å². The highest BCUT2D eigenvalue weighted by Gasteiger charge is 2.11. The van der Waals surface area contributed by atoms with E-state index in [-0.39, 0.29) is 12.3 Å². The van der Waals surface area contributed by atoms with Gasteiger partial charge in [-0.25, -0.2) is 4.79 Å². The molecule has 0 radical (unpaired) electrons. The van der Waals surface area contributed by atoms with Crippen molar-refractivity contribution in [1.29, 1.82) is 0 Å². The summed E-state index contributed by atoms with van der Waals surface area (Å²) in [6, 6.07) is 4.95. The summed E-state index contributed by atoms with van der Waals surface area (Å²) in [6.45, 7) is 1.65. The molecule has 8 nitrogen and oxygen atoms in total. The standard InChI is InChI=1S/C13H12N4O4/c1-7-14-11(16-21-7)6-12(18)15-8-3-4-10-9(5-8)17(2)13(19)20-10/h3-5H,6H2,1-2H3,(H,15,18). The number of aromatic nitrogens is 3. The van der Waals surface area contributed by atoms with Gasteiger partial charge < -0.3 is 14.3 Å². The summed E-state index contributed by atoms with van der Waals surface area (Å²) in [5, 5.41) is 6.37. The minimum atomic E-state index is -0.448. The maximum atomic E-state index is 11.9. The Hall–Kier alpha value is -2.90. The van der Waals surface area contributed by atoms with Crippen LogP contribution in [0.3, 0.4) is 0 Å². The summed E-state index contributed by atoms with van der Waals surface area (Å²) in [4.78, 5) is 27.3. The molecule has 3 aromatic rings. The number of benzene rings is 1. The lowest BCUT2D eigenvalue weighted by Gasteiger charge is -2.03. The van der Waals surface area contributed by atoms with Crippen molar-refractivity contribution in [2.24, 2.45) is 7.05 Å². The third kappa shape index (κ3) is 2.55. The van der Waals surface area contributed by atoms with Crippen LogP contribution in [0.25, 0.3) is 11.1 Å². The fourth-order valence-corrected chi connectivity index (χ4v) is 1.97. The molecule has 8 heteroatoms. The van der Waals surface area contributed by atoms with Gasteiger partial charge in [0.05, 0.1) is 11.9 Å². The number of aryl methyl sites for hydroxylation is 2. The van der Waals surface area contributed by atoms with E-state index < -0.39 is 5.76 Å². The van der Waals surface area contributed by atoms with E-state index in [0.717, 1.165) is 0 Å². The summed E-state index contributed by atoms with van der Waals surface area (Å²) < 4.78 is 11.2. The van der Waals surface area contributed by atoms with Crippen molar-refractivity contribution < 1.29 is 13.7 Å². The van der Waals surface area contributed by atoms with Crippen LogP contribution in [-0.2, 0) is 18.3 Å². The summed E-state index contributed by atoms with van der Waals surface area (Å²) in [5.74, 6) is 0.00815. The summed E-state index contributed by atoms with van der Waals surface area (Å²) in [5.41, 5.74) is 1.63. The van der Waals surface area contributed by atoms with Gasteiger partial charge in [-0.1, -0.05) is 5.16 Å². The van der Waals surface area contributed by atoms with Crippen LogP contribution in [0.1, 0.15) is 11.7 Å². The van der Waals surface area contributed by atoms with Gasteiger partial charge in [0.2, 0.25) is 11.8 Å². The molecule has 0 unspecified atom stereocenters. The summed E-state index contributed by atoms with van der Waals surface area (Å²) in [6.07, 6.45) is 0.0136. The van der Waals surface area contributed by atoms with Crippen LogP contribution < -0.4 is 11.1 Å². The van der Waals surface area contributed by atoms with Crippen molar-refractivity contribution in [3.63, 3.8) is 0 Å². The first-order valence-electron chi connectivity index (χ1n) is 6.21. The lowest BCUT2D eigenvalue weighted by atomic mass is 10.2. The minimum absolute atomic E-state index is 0.0136. The number of amides is 1. The van der Waals surface area contributed by atoms with Crippen LogP contribution in [0, 0.1) is 6.92 Å². The van der Waals surface area contributed by atoms with E-state index in [9.17, 15) is 9.59 Å². The molecule has 1 aromatic carbocycles. The molecule has 0 aliphatic carbocycles. The molecular formula is C13H12N4O4. The van der Waals surface area contributed by atoms with Gasteiger partial charge in [-0.3, -0.25) is 9.36 Å². The van der Waals surface area contributed by atoms with Crippen molar-refractivity contribution in [2.75, 3.05) is 5.32 Å². The molecule has 21 heavy (non-hydrogen) atoms. The number of rotatable bonds is 3. The zero-order valence-electron chi connectivity index (χ0n) is 11.4. The van der Waals surface area contributed by atoms with Gasteiger partial charge in [-0.2, -0.15) is 4.98 Å². The third-order valence-electron chi connectivity index (χ3n) is 2.96. The molecule has 3 rings (SSSR count). The molecule has 0 saturated carbocycles. The van der Waals surface area contributed by atoms with Gasteiger partial charge in [0, 0.05) is 19.7 Å². The van der Waals surface area contributed by atoms with Crippen molar-refractivity contribution in [1.82, 2.24) is 14.7 Å². The Bertz CT molecular complexity index is 874.